The van der Waals surface area contributed by atoms with Gasteiger partial charge in [-0.2, -0.15) is 0 Å². The quantitative estimate of drug-likeness (QED) is 0.773. The predicted molar refractivity (Wildman–Crippen MR) is 70.7 cm³/mol. The van der Waals surface area contributed by atoms with Crippen LogP contribution in [-0.2, 0) is 4.79 Å². The molecule has 0 aromatic rings. The fourth-order valence-electron chi connectivity index (χ4n) is 2.96. The molecule has 108 valence electrons. The summed E-state index contributed by atoms with van der Waals surface area (Å²) in [7, 11) is 0. The van der Waals surface area contributed by atoms with E-state index in [-0.39, 0.29) is 24.4 Å². The number of piperidine rings is 2. The summed E-state index contributed by atoms with van der Waals surface area (Å²) in [5, 5.41) is 8.77. The highest BCUT2D eigenvalue weighted by atomic mass is 16.4. The second-order valence-corrected chi connectivity index (χ2v) is 5.66. The van der Waals surface area contributed by atoms with Crippen LogP contribution < -0.4 is 5.73 Å². The van der Waals surface area contributed by atoms with Crippen molar-refractivity contribution in [1.82, 2.24) is 9.80 Å². The van der Waals surface area contributed by atoms with Crippen molar-refractivity contribution in [2.45, 2.75) is 38.1 Å². The molecule has 2 aliphatic heterocycles. The molecule has 0 aromatic heterocycles. The molecule has 0 aromatic carbocycles. The summed E-state index contributed by atoms with van der Waals surface area (Å²) in [5.74, 6) is -0.531. The summed E-state index contributed by atoms with van der Waals surface area (Å²) in [4.78, 5) is 26.7. The molecule has 0 spiro atoms. The van der Waals surface area contributed by atoms with Crippen LogP contribution in [0.25, 0.3) is 0 Å². The maximum absolute atomic E-state index is 12.3. The summed E-state index contributed by atoms with van der Waals surface area (Å²) in [5.41, 5.74) is 5.89. The van der Waals surface area contributed by atoms with Gasteiger partial charge in [0.25, 0.3) is 0 Å². The lowest BCUT2D eigenvalue weighted by Crippen LogP contribution is -2.52. The number of rotatable bonds is 2. The van der Waals surface area contributed by atoms with Crippen LogP contribution in [0.15, 0.2) is 0 Å². The molecule has 0 saturated carbocycles. The number of carboxylic acids is 1. The molecule has 2 heterocycles. The van der Waals surface area contributed by atoms with Crippen LogP contribution in [0.3, 0.4) is 0 Å². The minimum Gasteiger partial charge on any atom is -0.481 e. The maximum Gasteiger partial charge on any atom is 0.320 e. The Morgan fingerprint density at radius 1 is 1.11 bits per heavy atom. The Bertz CT molecular complexity index is 340. The van der Waals surface area contributed by atoms with Crippen molar-refractivity contribution < 1.29 is 14.7 Å². The Kier molecular flexibility index (Phi) is 4.63. The molecule has 6 nitrogen and oxygen atoms in total. The lowest BCUT2D eigenvalue weighted by molar-refractivity contribution is -0.138. The van der Waals surface area contributed by atoms with E-state index in [2.05, 4.69) is 0 Å². The van der Waals surface area contributed by atoms with Gasteiger partial charge in [0, 0.05) is 38.6 Å². The number of nitrogens with two attached hydrogens (primary N) is 1. The van der Waals surface area contributed by atoms with Crippen molar-refractivity contribution in [1.29, 1.82) is 0 Å². The molecule has 0 aliphatic carbocycles. The molecule has 2 aliphatic rings. The predicted octanol–water partition coefficient (Wildman–Crippen LogP) is 0.716. The number of carboxylic acid groups (broad SMARTS) is 1. The maximum atomic E-state index is 12.3. The zero-order valence-electron chi connectivity index (χ0n) is 11.3. The van der Waals surface area contributed by atoms with Gasteiger partial charge < -0.3 is 20.6 Å². The number of aliphatic carboxylic acids is 1. The third-order valence-corrected chi connectivity index (χ3v) is 4.08. The normalized spacial score (nSPS) is 25.4. The number of carbonyl (C=O) groups is 2. The molecule has 2 amide bonds. The Morgan fingerprint density at radius 3 is 2.37 bits per heavy atom. The highest BCUT2D eigenvalue weighted by Gasteiger charge is 2.29. The molecule has 1 atom stereocenters. The van der Waals surface area contributed by atoms with Crippen LogP contribution in [0.5, 0.6) is 0 Å². The van der Waals surface area contributed by atoms with E-state index in [9.17, 15) is 9.59 Å². The van der Waals surface area contributed by atoms with Crippen molar-refractivity contribution in [3.05, 3.63) is 0 Å². The first-order chi connectivity index (χ1) is 9.06. The van der Waals surface area contributed by atoms with Gasteiger partial charge in [-0.25, -0.2) is 4.79 Å². The smallest absolute Gasteiger partial charge is 0.320 e. The van der Waals surface area contributed by atoms with Crippen molar-refractivity contribution in [2.24, 2.45) is 11.7 Å². The topological polar surface area (TPSA) is 86.9 Å². The highest BCUT2D eigenvalue weighted by Crippen LogP contribution is 2.22. The summed E-state index contributed by atoms with van der Waals surface area (Å²) in [6.45, 7) is 2.78. The Morgan fingerprint density at radius 2 is 1.79 bits per heavy atom. The first-order valence-electron chi connectivity index (χ1n) is 7.07. The minimum atomic E-state index is -0.744. The first-order valence-corrected chi connectivity index (χ1v) is 7.07. The number of carbonyl (C=O) groups excluding carboxylic acids is 1. The Labute approximate surface area is 113 Å². The van der Waals surface area contributed by atoms with Crippen molar-refractivity contribution >= 4 is 12.0 Å². The van der Waals surface area contributed by atoms with E-state index in [4.69, 9.17) is 10.8 Å². The van der Waals surface area contributed by atoms with Gasteiger partial charge in [0.2, 0.25) is 0 Å². The molecule has 1 unspecified atom stereocenters. The van der Waals surface area contributed by atoms with Gasteiger partial charge in [-0.05, 0) is 31.6 Å². The molecule has 3 N–H and O–H groups in total. The van der Waals surface area contributed by atoms with Crippen molar-refractivity contribution in [2.75, 3.05) is 26.2 Å². The fourth-order valence-corrected chi connectivity index (χ4v) is 2.96. The fraction of sp³-hybridized carbons (Fsp3) is 0.846. The van der Waals surface area contributed by atoms with Crippen LogP contribution in [0.2, 0.25) is 0 Å². The van der Waals surface area contributed by atoms with E-state index < -0.39 is 5.97 Å². The third kappa shape index (κ3) is 3.83. The molecule has 6 heteroatoms. The molecular weight excluding hydrogens is 246 g/mol. The van der Waals surface area contributed by atoms with E-state index in [1.807, 2.05) is 9.80 Å². The lowest BCUT2D eigenvalue weighted by atomic mass is 9.94. The second kappa shape index (κ2) is 6.23. The Balaban J connectivity index is 1.80. The molecule has 2 rings (SSSR count). The molecular formula is C13H23N3O3. The van der Waals surface area contributed by atoms with Crippen LogP contribution in [0.1, 0.15) is 32.1 Å². The molecule has 2 fully saturated rings. The largest absolute Gasteiger partial charge is 0.481 e. The van der Waals surface area contributed by atoms with Crippen LogP contribution >= 0.6 is 0 Å². The lowest BCUT2D eigenvalue weighted by Gasteiger charge is -2.38. The number of nitrogens with zero attached hydrogens (tertiary/aromatic N) is 2. The minimum absolute atomic E-state index is 0.0731. The van der Waals surface area contributed by atoms with Crippen LogP contribution in [0.4, 0.5) is 4.79 Å². The summed E-state index contributed by atoms with van der Waals surface area (Å²) in [6.07, 6.45) is 3.76. The number of hydrogen-bond acceptors (Lipinski definition) is 3. The van der Waals surface area contributed by atoms with Crippen LogP contribution in [-0.4, -0.2) is 59.1 Å². The number of urea groups is 1. The SMILES string of the molecule is NC1CCCN(C(=O)N2CCC(CC(=O)O)CC2)C1. The van der Waals surface area contributed by atoms with E-state index in [1.54, 1.807) is 0 Å². The van der Waals surface area contributed by atoms with E-state index in [1.165, 1.54) is 0 Å². The van der Waals surface area contributed by atoms with Gasteiger partial charge in [0.15, 0.2) is 0 Å². The third-order valence-electron chi connectivity index (χ3n) is 4.08. The van der Waals surface area contributed by atoms with Gasteiger partial charge in [-0.15, -0.1) is 0 Å². The number of hydrogen-bond donors (Lipinski definition) is 2. The van der Waals surface area contributed by atoms with Crippen molar-refractivity contribution in [3.8, 4) is 0 Å². The number of likely N-dealkylation sites (tertiary alicyclic amines) is 2. The number of amides is 2. The second-order valence-electron chi connectivity index (χ2n) is 5.66. The van der Waals surface area contributed by atoms with Crippen molar-refractivity contribution in [3.63, 3.8) is 0 Å². The first kappa shape index (κ1) is 14.1. The average Bonchev–Trinajstić information content (AvgIpc) is 2.38. The summed E-state index contributed by atoms with van der Waals surface area (Å²) in [6, 6.07) is 0.172. The molecule has 0 radical (unpaired) electrons. The Hall–Kier alpha value is -1.30. The van der Waals surface area contributed by atoms with Gasteiger partial charge in [-0.1, -0.05) is 0 Å². The van der Waals surface area contributed by atoms with E-state index in [0.717, 1.165) is 32.2 Å². The van der Waals surface area contributed by atoms with Gasteiger partial charge in [-0.3, -0.25) is 4.79 Å². The molecule has 2 saturated heterocycles. The summed E-state index contributed by atoms with van der Waals surface area (Å²) >= 11 is 0. The highest BCUT2D eigenvalue weighted by molar-refractivity contribution is 5.74. The van der Waals surface area contributed by atoms with Gasteiger partial charge in [0.1, 0.15) is 0 Å². The van der Waals surface area contributed by atoms with E-state index >= 15 is 0 Å². The van der Waals surface area contributed by atoms with Crippen LogP contribution in [0, 0.1) is 5.92 Å². The van der Waals surface area contributed by atoms with E-state index in [0.29, 0.717) is 19.6 Å². The molecule has 19 heavy (non-hydrogen) atoms. The average molecular weight is 269 g/mol. The summed E-state index contributed by atoms with van der Waals surface area (Å²) < 4.78 is 0. The zero-order chi connectivity index (χ0) is 13.8. The molecule has 0 bridgehead atoms. The van der Waals surface area contributed by atoms with Gasteiger partial charge >= 0.3 is 12.0 Å². The standard InChI is InChI=1S/C13H23N3O3/c14-11-2-1-5-16(9-11)13(19)15-6-3-10(4-7-15)8-12(17)18/h10-11H,1-9,14H2,(H,17,18). The zero-order valence-corrected chi connectivity index (χ0v) is 11.3. The monoisotopic (exact) mass is 269 g/mol. The van der Waals surface area contributed by atoms with Gasteiger partial charge in [0.05, 0.1) is 0 Å².